The van der Waals surface area contributed by atoms with E-state index in [9.17, 15) is 14.4 Å². The third-order valence-electron chi connectivity index (χ3n) is 4.16. The molecule has 29 heavy (non-hydrogen) atoms. The summed E-state index contributed by atoms with van der Waals surface area (Å²) in [5.41, 5.74) is 0.491. The second kappa shape index (κ2) is 8.00. The van der Waals surface area contributed by atoms with Gasteiger partial charge in [0.1, 0.15) is 11.4 Å². The van der Waals surface area contributed by atoms with Crippen LogP contribution in [0.15, 0.2) is 46.6 Å². The predicted molar refractivity (Wildman–Crippen MR) is 115 cm³/mol. The number of anilines is 2. The van der Waals surface area contributed by atoms with Gasteiger partial charge in [-0.15, -0.1) is 11.3 Å². The maximum Gasteiger partial charge on any atom is 0.265 e. The van der Waals surface area contributed by atoms with E-state index in [2.05, 4.69) is 20.6 Å². The Kier molecular flexibility index (Phi) is 5.65. The predicted octanol–water partition coefficient (Wildman–Crippen LogP) is 3.94. The van der Waals surface area contributed by atoms with Crippen molar-refractivity contribution < 1.29 is 9.59 Å². The molecule has 0 saturated carbocycles. The number of thiophene rings is 1. The highest BCUT2D eigenvalue weighted by Gasteiger charge is 2.22. The van der Waals surface area contributed by atoms with Crippen LogP contribution in [0.3, 0.4) is 0 Å². The lowest BCUT2D eigenvalue weighted by Gasteiger charge is -2.18. The first-order chi connectivity index (χ1) is 13.6. The molecular weight excluding hydrogens is 388 g/mol. The lowest BCUT2D eigenvalue weighted by molar-refractivity contribution is 0.101. The van der Waals surface area contributed by atoms with Crippen molar-refractivity contribution in [3.8, 4) is 0 Å². The van der Waals surface area contributed by atoms with Crippen molar-refractivity contribution in [1.29, 1.82) is 0 Å². The Morgan fingerprint density at radius 2 is 1.69 bits per heavy atom. The molecule has 0 bridgehead atoms. The molecule has 0 spiro atoms. The highest BCUT2D eigenvalue weighted by Crippen LogP contribution is 2.20. The smallest absolute Gasteiger partial charge is 0.265 e. The number of aromatic amines is 1. The van der Waals surface area contributed by atoms with Crippen molar-refractivity contribution in [1.82, 2.24) is 9.97 Å². The number of carbonyl (C=O) groups excluding carboxylic acids is 2. The fraction of sp³-hybridized carbons (Fsp3) is 0.238. The third-order valence-corrected chi connectivity index (χ3v) is 5.03. The lowest BCUT2D eigenvalue weighted by atomic mass is 9.95. The molecule has 8 heteroatoms. The zero-order valence-electron chi connectivity index (χ0n) is 16.6. The first-order valence-corrected chi connectivity index (χ1v) is 9.91. The number of aryl methyl sites for hydroxylation is 1. The van der Waals surface area contributed by atoms with Crippen LogP contribution >= 0.6 is 11.3 Å². The van der Waals surface area contributed by atoms with Gasteiger partial charge in [0, 0.05) is 16.8 Å². The molecule has 0 unspecified atom stereocenters. The molecule has 0 fully saturated rings. The van der Waals surface area contributed by atoms with E-state index in [4.69, 9.17) is 0 Å². The van der Waals surface area contributed by atoms with Gasteiger partial charge in [0.05, 0.1) is 10.6 Å². The molecule has 3 N–H and O–H groups in total. The molecule has 3 rings (SSSR count). The molecule has 0 saturated heterocycles. The van der Waals surface area contributed by atoms with Crippen molar-refractivity contribution >= 4 is 34.5 Å². The Hall–Kier alpha value is -3.26. The van der Waals surface area contributed by atoms with Gasteiger partial charge in [-0.1, -0.05) is 32.9 Å². The van der Waals surface area contributed by atoms with E-state index >= 15 is 0 Å². The fourth-order valence-electron chi connectivity index (χ4n) is 2.68. The van der Waals surface area contributed by atoms with Crippen molar-refractivity contribution in [2.45, 2.75) is 33.1 Å². The quantitative estimate of drug-likeness (QED) is 0.606. The van der Waals surface area contributed by atoms with Crippen LogP contribution in [-0.4, -0.2) is 21.8 Å². The summed E-state index contributed by atoms with van der Waals surface area (Å²) in [5, 5.41) is 7.31. The van der Waals surface area contributed by atoms with Gasteiger partial charge in [-0.25, -0.2) is 4.98 Å². The number of benzene rings is 1. The molecule has 0 aliphatic heterocycles. The zero-order valence-corrected chi connectivity index (χ0v) is 17.4. The van der Waals surface area contributed by atoms with E-state index in [1.165, 1.54) is 11.3 Å². The third kappa shape index (κ3) is 4.78. The van der Waals surface area contributed by atoms with Gasteiger partial charge in [-0.2, -0.15) is 0 Å². The molecular formula is C21H22N4O3S. The van der Waals surface area contributed by atoms with Crippen LogP contribution in [0.4, 0.5) is 11.4 Å². The summed E-state index contributed by atoms with van der Waals surface area (Å²) < 4.78 is 0. The number of hydrogen-bond acceptors (Lipinski definition) is 5. The Balaban J connectivity index is 1.79. The number of nitrogens with zero attached hydrogens (tertiary/aromatic N) is 1. The van der Waals surface area contributed by atoms with Crippen LogP contribution in [-0.2, 0) is 5.41 Å². The summed E-state index contributed by atoms with van der Waals surface area (Å²) in [5.74, 6) is -0.258. The average Bonchev–Trinajstić information content (AvgIpc) is 3.15. The lowest BCUT2D eigenvalue weighted by Crippen LogP contribution is -2.30. The zero-order chi connectivity index (χ0) is 21.2. The Labute approximate surface area is 172 Å². The number of hydrogen-bond donors (Lipinski definition) is 3. The number of H-pyrrole nitrogens is 1. The second-order valence-electron chi connectivity index (χ2n) is 7.59. The van der Waals surface area contributed by atoms with Crippen LogP contribution in [0, 0.1) is 6.92 Å². The number of carbonyl (C=O) groups is 2. The van der Waals surface area contributed by atoms with Crippen molar-refractivity contribution in [2.24, 2.45) is 0 Å². The minimum Gasteiger partial charge on any atom is -0.322 e. The van der Waals surface area contributed by atoms with Crippen molar-refractivity contribution in [3.05, 3.63) is 74.1 Å². The first kappa shape index (κ1) is 20.5. The van der Waals surface area contributed by atoms with E-state index in [1.54, 1.807) is 43.3 Å². The first-order valence-electron chi connectivity index (χ1n) is 9.03. The van der Waals surface area contributed by atoms with Crippen LogP contribution in [0.2, 0.25) is 0 Å². The van der Waals surface area contributed by atoms with E-state index in [0.717, 1.165) is 0 Å². The molecule has 150 valence electrons. The molecule has 2 aromatic heterocycles. The van der Waals surface area contributed by atoms with Gasteiger partial charge in [-0.05, 0) is 36.6 Å². The average molecular weight is 410 g/mol. The maximum absolute atomic E-state index is 12.7. The summed E-state index contributed by atoms with van der Waals surface area (Å²) in [7, 11) is 0. The molecule has 2 heterocycles. The van der Waals surface area contributed by atoms with Gasteiger partial charge in [0.2, 0.25) is 0 Å². The van der Waals surface area contributed by atoms with Gasteiger partial charge in [0.25, 0.3) is 17.4 Å². The van der Waals surface area contributed by atoms with Gasteiger partial charge >= 0.3 is 0 Å². The van der Waals surface area contributed by atoms with Gasteiger partial charge in [0.15, 0.2) is 0 Å². The summed E-state index contributed by atoms with van der Waals surface area (Å²) in [6, 6.07) is 10.3. The molecule has 0 atom stereocenters. The molecule has 2 amide bonds. The Bertz CT molecular complexity index is 1110. The van der Waals surface area contributed by atoms with Crippen molar-refractivity contribution in [3.63, 3.8) is 0 Å². The van der Waals surface area contributed by atoms with Crippen LogP contribution in [0.25, 0.3) is 0 Å². The van der Waals surface area contributed by atoms with E-state index in [1.807, 2.05) is 26.2 Å². The van der Waals surface area contributed by atoms with Crippen LogP contribution in [0.5, 0.6) is 0 Å². The molecule has 7 nitrogen and oxygen atoms in total. The summed E-state index contributed by atoms with van der Waals surface area (Å²) in [6.07, 6.45) is 0. The Morgan fingerprint density at radius 3 is 2.24 bits per heavy atom. The largest absolute Gasteiger partial charge is 0.322 e. The minimum atomic E-state index is -0.557. The van der Waals surface area contributed by atoms with E-state index in [0.29, 0.717) is 27.8 Å². The number of rotatable bonds is 4. The van der Waals surface area contributed by atoms with Crippen molar-refractivity contribution in [2.75, 3.05) is 10.6 Å². The van der Waals surface area contributed by atoms with E-state index < -0.39 is 11.5 Å². The molecule has 1 aromatic carbocycles. The summed E-state index contributed by atoms with van der Waals surface area (Å²) >= 11 is 1.34. The molecule has 0 aliphatic rings. The topological polar surface area (TPSA) is 104 Å². The summed E-state index contributed by atoms with van der Waals surface area (Å²) in [6.45, 7) is 7.43. The molecule has 0 aliphatic carbocycles. The highest BCUT2D eigenvalue weighted by atomic mass is 32.1. The monoisotopic (exact) mass is 410 g/mol. The fourth-order valence-corrected chi connectivity index (χ4v) is 3.30. The summed E-state index contributed by atoms with van der Waals surface area (Å²) in [4.78, 5) is 45.0. The highest BCUT2D eigenvalue weighted by molar-refractivity contribution is 7.12. The maximum atomic E-state index is 12.7. The van der Waals surface area contributed by atoms with Crippen LogP contribution < -0.4 is 16.2 Å². The van der Waals surface area contributed by atoms with E-state index in [-0.39, 0.29) is 16.9 Å². The SMILES string of the molecule is Cc1nc(C(C)(C)C)[nH]c(=O)c1C(=O)Nc1cccc(NC(=O)c2cccs2)c1. The normalized spacial score (nSPS) is 11.2. The number of aromatic nitrogens is 2. The van der Waals surface area contributed by atoms with Gasteiger partial charge < -0.3 is 15.6 Å². The number of amides is 2. The van der Waals surface area contributed by atoms with Crippen LogP contribution in [0.1, 0.15) is 52.3 Å². The second-order valence-corrected chi connectivity index (χ2v) is 8.54. The minimum absolute atomic E-state index is 0.0361. The van der Waals surface area contributed by atoms with Gasteiger partial charge in [-0.3, -0.25) is 14.4 Å². The molecule has 0 radical (unpaired) electrons. The Morgan fingerprint density at radius 1 is 1.03 bits per heavy atom. The standard InChI is InChI=1S/C21H22N4O3S/c1-12-16(19(28)25-20(22-12)21(2,3)4)18(27)24-14-8-5-7-13(11-14)23-17(26)15-9-6-10-29-15/h5-11H,1-4H3,(H,23,26)(H,24,27)(H,22,25,28). The molecule has 3 aromatic rings. The number of nitrogens with one attached hydrogen (secondary N) is 3.